The average molecular weight is 777 g/mol. The van der Waals surface area contributed by atoms with Crippen LogP contribution >= 0.6 is 12.4 Å². The molecule has 0 heterocycles. The lowest BCUT2D eigenvalue weighted by Gasteiger charge is -2.24. The Labute approximate surface area is 334 Å². The number of aliphatic hydroxyl groups excluding tert-OH is 1. The molecular formula is C45H61ClN2O7. The maximum atomic E-state index is 12.2. The molecule has 1 amide bonds. The lowest BCUT2D eigenvalue weighted by molar-refractivity contribution is -0.147. The minimum absolute atomic E-state index is 0. The Morgan fingerprint density at radius 1 is 0.691 bits per heavy atom. The minimum Gasteiger partial charge on any atom is -0.481 e. The summed E-state index contributed by atoms with van der Waals surface area (Å²) in [5.41, 5.74) is 12.4. The van der Waals surface area contributed by atoms with Gasteiger partial charge in [0.05, 0.1) is 18.4 Å². The van der Waals surface area contributed by atoms with E-state index in [1.165, 1.54) is 16.7 Å². The van der Waals surface area contributed by atoms with Gasteiger partial charge in [-0.15, -0.1) is 12.4 Å². The lowest BCUT2D eigenvalue weighted by atomic mass is 9.95. The molecule has 0 aliphatic rings. The van der Waals surface area contributed by atoms with Crippen LogP contribution in [0.3, 0.4) is 0 Å². The highest BCUT2D eigenvalue weighted by molar-refractivity contribution is 5.85. The lowest BCUT2D eigenvalue weighted by Crippen LogP contribution is -2.41. The van der Waals surface area contributed by atoms with E-state index in [-0.39, 0.29) is 43.0 Å². The Kier molecular flexibility index (Phi) is 22.3. The molecule has 10 heteroatoms. The number of rotatable bonds is 14. The van der Waals surface area contributed by atoms with Crippen molar-refractivity contribution in [2.45, 2.75) is 91.8 Å². The Hall–Kier alpha value is -4.70. The van der Waals surface area contributed by atoms with E-state index in [1.807, 2.05) is 74.5 Å². The number of esters is 1. The maximum absolute atomic E-state index is 12.2. The number of alkyl carbamates (subject to hydrolysis) is 1. The third-order valence-corrected chi connectivity index (χ3v) is 8.23. The first-order valence-electron chi connectivity index (χ1n) is 18.7. The van der Waals surface area contributed by atoms with Crippen molar-refractivity contribution < 1.29 is 34.1 Å². The smallest absolute Gasteiger partial charge is 0.407 e. The molecule has 0 radical (unpaired) electrons. The second-order valence-electron chi connectivity index (χ2n) is 14.3. The first-order chi connectivity index (χ1) is 25.6. The molecule has 0 aromatic heterocycles. The summed E-state index contributed by atoms with van der Waals surface area (Å²) in [5, 5.41) is 19.6. The molecule has 0 fully saturated rings. The summed E-state index contributed by atoms with van der Waals surface area (Å²) in [6.45, 7) is 13.1. The van der Waals surface area contributed by atoms with Crippen molar-refractivity contribution in [1.82, 2.24) is 5.32 Å². The van der Waals surface area contributed by atoms with Gasteiger partial charge in [0.15, 0.2) is 0 Å². The van der Waals surface area contributed by atoms with Crippen LogP contribution in [0.4, 0.5) is 4.79 Å². The predicted molar refractivity (Wildman–Crippen MR) is 224 cm³/mol. The van der Waals surface area contributed by atoms with Gasteiger partial charge >= 0.3 is 18.0 Å². The molecular weight excluding hydrogens is 716 g/mol. The Balaban J connectivity index is 0.000000512. The fourth-order valence-electron chi connectivity index (χ4n) is 5.63. The number of carbonyl (C=O) groups is 3. The summed E-state index contributed by atoms with van der Waals surface area (Å²) in [6, 6.07) is 36.5. The predicted octanol–water partition coefficient (Wildman–Crippen LogP) is 9.13. The molecule has 0 saturated carbocycles. The molecule has 0 aliphatic heterocycles. The van der Waals surface area contributed by atoms with Crippen LogP contribution in [0.2, 0.25) is 0 Å². The van der Waals surface area contributed by atoms with E-state index in [4.69, 9.17) is 20.3 Å². The molecule has 300 valence electrons. The van der Waals surface area contributed by atoms with Gasteiger partial charge in [0.2, 0.25) is 0 Å². The number of carbonyl (C=O) groups excluding carboxylic acids is 2. The van der Waals surface area contributed by atoms with Gasteiger partial charge in [0.1, 0.15) is 5.60 Å². The standard InChI is InChI=1S/C23H29NO4.C20H25NO2.C2H6O.ClH/c1-16(21(25)26)14-20(24-22(27)28-23(2,3)4)15-17-10-12-19(13-11-17)18-8-6-5-7-9-18;1-3-23-20(22)15(2)13-19(21)14-16-9-11-18(12-10-16)17-7-5-4-6-8-17;1-2-3;/h5-13,16,20H,14-15H2,1-4H3,(H,24,27)(H,25,26);4-12,15,19H,3,13-14,21H2,1-2H3;3H,2H2,1H3;1H/t16-,20?;15-,19?;;/m11../s1. The van der Waals surface area contributed by atoms with Gasteiger partial charge < -0.3 is 30.7 Å². The number of carboxylic acid groups (broad SMARTS) is 1. The number of ether oxygens (including phenoxy) is 2. The first kappa shape index (κ1) is 48.3. The van der Waals surface area contributed by atoms with Crippen molar-refractivity contribution in [3.8, 4) is 22.3 Å². The summed E-state index contributed by atoms with van der Waals surface area (Å²) in [6.07, 6.45) is 1.73. The number of nitrogens with two attached hydrogens (primary N) is 1. The van der Waals surface area contributed by atoms with Crippen molar-refractivity contribution in [3.63, 3.8) is 0 Å². The number of benzene rings is 4. The molecule has 4 aromatic carbocycles. The van der Waals surface area contributed by atoms with Gasteiger partial charge in [0.25, 0.3) is 0 Å². The number of hydrogen-bond acceptors (Lipinski definition) is 7. The molecule has 5 N–H and O–H groups in total. The minimum atomic E-state index is -0.879. The van der Waals surface area contributed by atoms with Crippen LogP contribution in [0.25, 0.3) is 22.3 Å². The summed E-state index contributed by atoms with van der Waals surface area (Å²) < 4.78 is 10.4. The van der Waals surface area contributed by atoms with Gasteiger partial charge in [-0.25, -0.2) is 4.79 Å². The monoisotopic (exact) mass is 776 g/mol. The maximum Gasteiger partial charge on any atom is 0.407 e. The molecule has 0 bridgehead atoms. The first-order valence-corrected chi connectivity index (χ1v) is 18.7. The Bertz CT molecular complexity index is 1660. The summed E-state index contributed by atoms with van der Waals surface area (Å²) in [5.74, 6) is -1.77. The molecule has 4 atom stereocenters. The fourth-order valence-corrected chi connectivity index (χ4v) is 5.63. The molecule has 55 heavy (non-hydrogen) atoms. The number of carboxylic acids is 1. The van der Waals surface area contributed by atoms with E-state index in [2.05, 4.69) is 53.8 Å². The van der Waals surface area contributed by atoms with Gasteiger partial charge in [0, 0.05) is 18.7 Å². The van der Waals surface area contributed by atoms with Crippen LogP contribution in [0.5, 0.6) is 0 Å². The van der Waals surface area contributed by atoms with Crippen molar-refractivity contribution in [2.75, 3.05) is 13.2 Å². The highest BCUT2D eigenvalue weighted by Crippen LogP contribution is 2.22. The zero-order valence-corrected chi connectivity index (χ0v) is 34.2. The second kappa shape index (κ2) is 25.4. The van der Waals surface area contributed by atoms with Gasteiger partial charge in [-0.3, -0.25) is 9.59 Å². The topological polar surface area (TPSA) is 148 Å². The number of hydrogen-bond donors (Lipinski definition) is 4. The Morgan fingerprint density at radius 2 is 1.11 bits per heavy atom. The van der Waals surface area contributed by atoms with Gasteiger partial charge in [-0.05, 0) is 93.7 Å². The van der Waals surface area contributed by atoms with Crippen LogP contribution in [0, 0.1) is 11.8 Å². The van der Waals surface area contributed by atoms with E-state index < -0.39 is 23.6 Å². The van der Waals surface area contributed by atoms with E-state index in [1.54, 1.807) is 34.6 Å². The van der Waals surface area contributed by atoms with Crippen molar-refractivity contribution >= 4 is 30.4 Å². The summed E-state index contributed by atoms with van der Waals surface area (Å²) in [7, 11) is 0. The summed E-state index contributed by atoms with van der Waals surface area (Å²) in [4.78, 5) is 35.1. The number of aliphatic hydroxyl groups is 1. The van der Waals surface area contributed by atoms with E-state index in [0.717, 1.165) is 23.1 Å². The van der Waals surface area contributed by atoms with Crippen LogP contribution in [-0.4, -0.2) is 59.1 Å². The normalized spacial score (nSPS) is 12.7. The molecule has 4 aromatic rings. The van der Waals surface area contributed by atoms with Crippen molar-refractivity contribution in [1.29, 1.82) is 0 Å². The zero-order valence-electron chi connectivity index (χ0n) is 33.4. The van der Waals surface area contributed by atoms with Crippen LogP contribution in [0.15, 0.2) is 109 Å². The largest absolute Gasteiger partial charge is 0.481 e. The number of halogens is 1. The quantitative estimate of drug-likeness (QED) is 0.0928. The van der Waals surface area contributed by atoms with Crippen LogP contribution < -0.4 is 11.1 Å². The fraction of sp³-hybridized carbons (Fsp3) is 0.400. The van der Waals surface area contributed by atoms with Crippen LogP contribution in [-0.2, 0) is 31.9 Å². The molecule has 0 saturated heterocycles. The van der Waals surface area contributed by atoms with Crippen molar-refractivity contribution in [3.05, 3.63) is 120 Å². The van der Waals surface area contributed by atoms with E-state index >= 15 is 0 Å². The molecule has 0 aliphatic carbocycles. The highest BCUT2D eigenvalue weighted by atomic mass is 35.5. The van der Waals surface area contributed by atoms with E-state index in [9.17, 15) is 19.5 Å². The molecule has 4 rings (SSSR count). The Morgan fingerprint density at radius 3 is 1.51 bits per heavy atom. The SMILES string of the molecule is CCO.CCOC(=O)[C@H](C)CC(N)Cc1ccc(-c2ccccc2)cc1.C[C@H](CC(Cc1ccc(-c2ccccc2)cc1)NC(=O)OC(C)(C)C)C(=O)O.Cl. The van der Waals surface area contributed by atoms with E-state index in [0.29, 0.717) is 25.9 Å². The zero-order chi connectivity index (χ0) is 40.1. The average Bonchev–Trinajstić information content (AvgIpc) is 3.13. The number of aliphatic carboxylic acids is 1. The van der Waals surface area contributed by atoms with Crippen molar-refractivity contribution in [2.24, 2.45) is 17.6 Å². The number of nitrogens with one attached hydrogen (secondary N) is 1. The summed E-state index contributed by atoms with van der Waals surface area (Å²) >= 11 is 0. The van der Waals surface area contributed by atoms with Crippen LogP contribution in [0.1, 0.15) is 72.4 Å². The highest BCUT2D eigenvalue weighted by Gasteiger charge is 2.24. The molecule has 2 unspecified atom stereocenters. The number of amides is 1. The third-order valence-electron chi connectivity index (χ3n) is 8.23. The molecule has 9 nitrogen and oxygen atoms in total. The van der Waals surface area contributed by atoms with Gasteiger partial charge in [-0.2, -0.15) is 0 Å². The van der Waals surface area contributed by atoms with Gasteiger partial charge in [-0.1, -0.05) is 123 Å². The molecule has 0 spiro atoms. The second-order valence-corrected chi connectivity index (χ2v) is 14.3. The third kappa shape index (κ3) is 19.5.